The second-order valence-electron chi connectivity index (χ2n) is 5.11. The molecule has 2 aromatic carbocycles. The summed E-state index contributed by atoms with van der Waals surface area (Å²) in [7, 11) is 1.58. The molecule has 0 spiro atoms. The SMILES string of the molecule is CN(CC(=O)Nc1ccccc1Br)C(=O)CNc1ccccc1Cl. The quantitative estimate of drug-likeness (QED) is 0.765. The fourth-order valence-corrected chi connectivity index (χ4v) is 2.55. The minimum atomic E-state index is -0.268. The summed E-state index contributed by atoms with van der Waals surface area (Å²) < 4.78 is 0.785. The van der Waals surface area contributed by atoms with Crippen LogP contribution in [-0.2, 0) is 9.59 Å². The monoisotopic (exact) mass is 409 g/mol. The summed E-state index contributed by atoms with van der Waals surface area (Å²) in [4.78, 5) is 25.5. The summed E-state index contributed by atoms with van der Waals surface area (Å²) >= 11 is 9.38. The molecular formula is C17H17BrClN3O2. The molecule has 0 atom stereocenters. The van der Waals surface area contributed by atoms with E-state index in [9.17, 15) is 9.59 Å². The smallest absolute Gasteiger partial charge is 0.244 e. The Labute approximate surface area is 154 Å². The molecule has 2 rings (SSSR count). The van der Waals surface area contributed by atoms with Crippen molar-refractivity contribution in [1.29, 1.82) is 0 Å². The van der Waals surface area contributed by atoms with Gasteiger partial charge in [0.15, 0.2) is 0 Å². The van der Waals surface area contributed by atoms with Gasteiger partial charge >= 0.3 is 0 Å². The van der Waals surface area contributed by atoms with Gasteiger partial charge < -0.3 is 15.5 Å². The second kappa shape index (κ2) is 8.70. The van der Waals surface area contributed by atoms with E-state index in [4.69, 9.17) is 11.6 Å². The summed E-state index contributed by atoms with van der Waals surface area (Å²) in [6.07, 6.45) is 0. The molecule has 24 heavy (non-hydrogen) atoms. The molecule has 0 aliphatic carbocycles. The molecule has 2 N–H and O–H groups in total. The number of rotatable bonds is 6. The van der Waals surface area contributed by atoms with Crippen LogP contribution in [0.1, 0.15) is 0 Å². The summed E-state index contributed by atoms with van der Waals surface area (Å²) in [6.45, 7) is 0.0207. The second-order valence-corrected chi connectivity index (χ2v) is 6.37. The zero-order valence-electron chi connectivity index (χ0n) is 13.1. The van der Waals surface area contributed by atoms with Crippen molar-refractivity contribution in [2.24, 2.45) is 0 Å². The summed E-state index contributed by atoms with van der Waals surface area (Å²) in [5.41, 5.74) is 1.34. The molecule has 0 saturated carbocycles. The van der Waals surface area contributed by atoms with E-state index in [1.54, 1.807) is 25.2 Å². The number of amides is 2. The van der Waals surface area contributed by atoms with E-state index >= 15 is 0 Å². The van der Waals surface area contributed by atoms with E-state index in [1.165, 1.54) is 4.90 Å². The molecule has 0 aromatic heterocycles. The predicted octanol–water partition coefficient (Wildman–Crippen LogP) is 3.61. The van der Waals surface area contributed by atoms with Gasteiger partial charge in [-0.1, -0.05) is 35.9 Å². The topological polar surface area (TPSA) is 61.4 Å². The molecule has 0 aliphatic heterocycles. The lowest BCUT2D eigenvalue weighted by Gasteiger charge is -2.18. The third kappa shape index (κ3) is 5.25. The fourth-order valence-electron chi connectivity index (χ4n) is 1.97. The number of benzene rings is 2. The van der Waals surface area contributed by atoms with Crippen LogP contribution in [0.3, 0.4) is 0 Å². The van der Waals surface area contributed by atoms with Gasteiger partial charge in [-0.25, -0.2) is 0 Å². The number of para-hydroxylation sites is 2. The third-order valence-corrected chi connectivity index (χ3v) is 4.28. The lowest BCUT2D eigenvalue weighted by molar-refractivity contribution is -0.131. The zero-order valence-corrected chi connectivity index (χ0v) is 15.4. The van der Waals surface area contributed by atoms with Crippen molar-refractivity contribution in [3.8, 4) is 0 Å². The Morgan fingerprint density at radius 3 is 2.38 bits per heavy atom. The van der Waals surface area contributed by atoms with Crippen molar-refractivity contribution in [2.75, 3.05) is 30.8 Å². The number of carbonyl (C=O) groups excluding carboxylic acids is 2. The van der Waals surface area contributed by atoms with E-state index in [2.05, 4.69) is 26.6 Å². The fraction of sp³-hybridized carbons (Fsp3) is 0.176. The van der Waals surface area contributed by atoms with Gasteiger partial charge in [0, 0.05) is 11.5 Å². The molecule has 7 heteroatoms. The van der Waals surface area contributed by atoms with Crippen LogP contribution in [0.15, 0.2) is 53.0 Å². The minimum absolute atomic E-state index is 0.0373. The van der Waals surface area contributed by atoms with Crippen molar-refractivity contribution >= 4 is 50.7 Å². The maximum absolute atomic E-state index is 12.1. The number of nitrogens with zero attached hydrogens (tertiary/aromatic N) is 1. The maximum atomic E-state index is 12.1. The van der Waals surface area contributed by atoms with Gasteiger partial charge in [0.05, 0.1) is 29.5 Å². The van der Waals surface area contributed by atoms with Crippen molar-refractivity contribution in [3.05, 3.63) is 58.0 Å². The van der Waals surface area contributed by atoms with Crippen molar-refractivity contribution in [3.63, 3.8) is 0 Å². The molecular weight excluding hydrogens is 394 g/mol. The molecule has 5 nitrogen and oxygen atoms in total. The lowest BCUT2D eigenvalue weighted by atomic mass is 10.3. The maximum Gasteiger partial charge on any atom is 0.244 e. The van der Waals surface area contributed by atoms with Crippen LogP contribution in [0.25, 0.3) is 0 Å². The van der Waals surface area contributed by atoms with E-state index in [0.717, 1.165) is 4.47 Å². The molecule has 0 aliphatic rings. The van der Waals surface area contributed by atoms with Crippen molar-refractivity contribution in [1.82, 2.24) is 4.90 Å². The van der Waals surface area contributed by atoms with Gasteiger partial charge in [-0.15, -0.1) is 0 Å². The molecule has 0 heterocycles. The lowest BCUT2D eigenvalue weighted by Crippen LogP contribution is -2.38. The van der Waals surface area contributed by atoms with Gasteiger partial charge in [-0.2, -0.15) is 0 Å². The highest BCUT2D eigenvalue weighted by molar-refractivity contribution is 9.10. The number of carbonyl (C=O) groups is 2. The number of halogens is 2. The van der Waals surface area contributed by atoms with Crippen LogP contribution in [0.2, 0.25) is 5.02 Å². The number of nitrogens with one attached hydrogen (secondary N) is 2. The van der Waals surface area contributed by atoms with Crippen LogP contribution in [0.4, 0.5) is 11.4 Å². The first-order chi connectivity index (χ1) is 11.5. The molecule has 0 unspecified atom stereocenters. The Balaban J connectivity index is 1.84. The van der Waals surface area contributed by atoms with E-state index in [1.807, 2.05) is 30.3 Å². The van der Waals surface area contributed by atoms with Gasteiger partial charge in [0.1, 0.15) is 0 Å². The molecule has 126 valence electrons. The highest BCUT2D eigenvalue weighted by atomic mass is 79.9. The molecule has 2 amide bonds. The van der Waals surface area contributed by atoms with Gasteiger partial charge in [-0.3, -0.25) is 9.59 Å². The Hall–Kier alpha value is -2.05. The van der Waals surface area contributed by atoms with Gasteiger partial charge in [0.2, 0.25) is 11.8 Å². The number of likely N-dealkylation sites (N-methyl/N-ethyl adjacent to an activating group) is 1. The van der Waals surface area contributed by atoms with Gasteiger partial charge in [0.25, 0.3) is 0 Å². The van der Waals surface area contributed by atoms with Crippen LogP contribution >= 0.6 is 27.5 Å². The molecule has 0 radical (unpaired) electrons. The van der Waals surface area contributed by atoms with Crippen molar-refractivity contribution < 1.29 is 9.59 Å². The summed E-state index contributed by atoms with van der Waals surface area (Å²) in [5, 5.41) is 6.26. The average Bonchev–Trinajstić information content (AvgIpc) is 2.56. The first-order valence-electron chi connectivity index (χ1n) is 7.24. The first kappa shape index (κ1) is 18.3. The Morgan fingerprint density at radius 1 is 1.08 bits per heavy atom. The number of hydrogen-bond donors (Lipinski definition) is 2. The molecule has 2 aromatic rings. The van der Waals surface area contributed by atoms with Crippen LogP contribution in [-0.4, -0.2) is 36.9 Å². The standard InChI is InChI=1S/C17H17BrClN3O2/c1-22(11-16(23)21-14-8-4-2-6-12(14)18)17(24)10-20-15-9-5-3-7-13(15)19/h2-9,20H,10-11H2,1H3,(H,21,23). The van der Waals surface area contributed by atoms with Gasteiger partial charge in [-0.05, 0) is 40.2 Å². The Morgan fingerprint density at radius 2 is 1.71 bits per heavy atom. The van der Waals surface area contributed by atoms with Crippen LogP contribution in [0, 0.1) is 0 Å². The van der Waals surface area contributed by atoms with Crippen LogP contribution in [0.5, 0.6) is 0 Å². The number of anilines is 2. The molecule has 0 fully saturated rings. The highest BCUT2D eigenvalue weighted by Gasteiger charge is 2.14. The third-order valence-electron chi connectivity index (χ3n) is 3.26. The van der Waals surface area contributed by atoms with E-state index < -0.39 is 0 Å². The predicted molar refractivity (Wildman–Crippen MR) is 100 cm³/mol. The van der Waals surface area contributed by atoms with Crippen molar-refractivity contribution in [2.45, 2.75) is 0 Å². The normalized spacial score (nSPS) is 10.1. The summed E-state index contributed by atoms with van der Waals surface area (Å²) in [6, 6.07) is 14.5. The Kier molecular flexibility index (Phi) is 6.63. The van der Waals surface area contributed by atoms with E-state index in [-0.39, 0.29) is 24.9 Å². The molecule has 0 bridgehead atoms. The first-order valence-corrected chi connectivity index (χ1v) is 8.41. The largest absolute Gasteiger partial charge is 0.375 e. The van der Waals surface area contributed by atoms with E-state index in [0.29, 0.717) is 16.4 Å². The zero-order chi connectivity index (χ0) is 17.5. The average molecular weight is 411 g/mol. The Bertz CT molecular complexity index is 739. The summed E-state index contributed by atoms with van der Waals surface area (Å²) in [5.74, 6) is -0.479. The number of hydrogen-bond acceptors (Lipinski definition) is 3. The highest BCUT2D eigenvalue weighted by Crippen LogP contribution is 2.21. The molecule has 0 saturated heterocycles. The van der Waals surface area contributed by atoms with Crippen LogP contribution < -0.4 is 10.6 Å². The minimum Gasteiger partial charge on any atom is -0.375 e.